The standard InChI is InChI=1S/C4H6O2.BF3O3.Li/c1-3(2)4(5)6;2-5-1(6-3)7-4;/h1H2,2H3,(H,5,6);;/q;;+1/p-1. The minimum atomic E-state index is -2.51. The van der Waals surface area contributed by atoms with E-state index in [9.17, 15) is 23.5 Å². The molecule has 0 rings (SSSR count). The summed E-state index contributed by atoms with van der Waals surface area (Å²) in [6.07, 6.45) is 0. The normalized spacial score (nSPS) is 7.71. The van der Waals surface area contributed by atoms with E-state index in [1.165, 1.54) is 6.92 Å². The topological polar surface area (TPSA) is 67.8 Å². The molecule has 0 saturated carbocycles. The quantitative estimate of drug-likeness (QED) is 0.363. The van der Waals surface area contributed by atoms with Crippen molar-refractivity contribution in [3.63, 3.8) is 0 Å². The summed E-state index contributed by atoms with van der Waals surface area (Å²) in [5.41, 5.74) is 0.0648. The first kappa shape index (κ1) is 19.2. The third-order valence-electron chi connectivity index (χ3n) is 0.567. The van der Waals surface area contributed by atoms with Gasteiger partial charge in [0.2, 0.25) is 0 Å². The Morgan fingerprint density at radius 2 is 1.50 bits per heavy atom. The van der Waals surface area contributed by atoms with Crippen molar-refractivity contribution < 1.29 is 56.9 Å². The molecule has 10 heteroatoms. The molecule has 0 aliphatic rings. The molecule has 0 N–H and O–H groups in total. The van der Waals surface area contributed by atoms with Crippen LogP contribution in [0.3, 0.4) is 0 Å². The zero-order valence-corrected chi connectivity index (χ0v) is 7.46. The molecular formula is C4H5BF3LiO5. The van der Waals surface area contributed by atoms with E-state index in [4.69, 9.17) is 0 Å². The first-order valence-corrected chi connectivity index (χ1v) is 2.68. The van der Waals surface area contributed by atoms with Crippen LogP contribution in [0.1, 0.15) is 6.92 Å². The molecular weight excluding hydrogens is 203 g/mol. The molecule has 0 aromatic heterocycles. The van der Waals surface area contributed by atoms with Crippen LogP contribution in [0, 0.1) is 0 Å². The fourth-order valence-electron chi connectivity index (χ4n) is 0.0412. The number of carboxylic acids is 1. The van der Waals surface area contributed by atoms with Crippen molar-refractivity contribution in [3.05, 3.63) is 12.2 Å². The molecule has 0 heterocycles. The average Bonchev–Trinajstić information content (AvgIpc) is 2.08. The second-order valence-electron chi connectivity index (χ2n) is 1.62. The zero-order valence-electron chi connectivity index (χ0n) is 7.46. The van der Waals surface area contributed by atoms with E-state index in [1.807, 2.05) is 0 Å². The molecule has 0 amide bonds. The molecule has 0 fully saturated rings. The van der Waals surface area contributed by atoms with Gasteiger partial charge in [0, 0.05) is 0 Å². The Labute approximate surface area is 89.9 Å². The average molecular weight is 208 g/mol. The minimum Gasteiger partial charge on any atom is -0.545 e. The molecule has 0 unspecified atom stereocenters. The van der Waals surface area contributed by atoms with Crippen LogP contribution in [-0.4, -0.2) is 13.3 Å². The van der Waals surface area contributed by atoms with Crippen LogP contribution in [0.2, 0.25) is 0 Å². The molecule has 5 nitrogen and oxygen atoms in total. The van der Waals surface area contributed by atoms with E-state index in [0.29, 0.717) is 0 Å². The van der Waals surface area contributed by atoms with Crippen LogP contribution in [0.5, 0.6) is 0 Å². The zero-order chi connectivity index (χ0) is 10.9. The van der Waals surface area contributed by atoms with Gasteiger partial charge >= 0.3 is 26.2 Å². The number of carbonyl (C=O) groups excluding carboxylic acids is 1. The smallest absolute Gasteiger partial charge is 0.545 e. The van der Waals surface area contributed by atoms with E-state index < -0.39 is 13.3 Å². The van der Waals surface area contributed by atoms with Gasteiger partial charge in [-0.15, -0.1) is 0 Å². The van der Waals surface area contributed by atoms with Crippen molar-refractivity contribution in [2.75, 3.05) is 0 Å². The van der Waals surface area contributed by atoms with Crippen molar-refractivity contribution in [2.24, 2.45) is 0 Å². The molecule has 0 bridgehead atoms. The van der Waals surface area contributed by atoms with Crippen molar-refractivity contribution in [2.45, 2.75) is 6.92 Å². The molecule has 0 radical (unpaired) electrons. The maximum absolute atomic E-state index is 10.4. The summed E-state index contributed by atoms with van der Waals surface area (Å²) in [6, 6.07) is 0. The van der Waals surface area contributed by atoms with Crippen molar-refractivity contribution in [1.82, 2.24) is 0 Å². The maximum atomic E-state index is 10.4. The van der Waals surface area contributed by atoms with Gasteiger partial charge in [-0.2, -0.15) is 14.6 Å². The predicted octanol–water partition coefficient (Wildman–Crippen LogP) is -3.01. The molecule has 0 aromatic carbocycles. The molecule has 0 aromatic rings. The molecule has 0 saturated heterocycles. The summed E-state index contributed by atoms with van der Waals surface area (Å²) in [5.74, 6) is -1.19. The Morgan fingerprint density at radius 1 is 1.29 bits per heavy atom. The van der Waals surface area contributed by atoms with Crippen LogP contribution < -0.4 is 24.0 Å². The minimum absolute atomic E-state index is 0. The number of hydrogen-bond donors (Lipinski definition) is 0. The van der Waals surface area contributed by atoms with Crippen molar-refractivity contribution >= 4 is 13.3 Å². The van der Waals surface area contributed by atoms with Crippen LogP contribution in [-0.2, 0) is 19.4 Å². The SMILES string of the molecule is C=C(C)C(=O)[O-].FOB(OF)OF.[Li+]. The van der Waals surface area contributed by atoms with Crippen LogP contribution in [0.25, 0.3) is 0 Å². The fourth-order valence-corrected chi connectivity index (χ4v) is 0.0412. The van der Waals surface area contributed by atoms with Gasteiger partial charge in [0.25, 0.3) is 0 Å². The van der Waals surface area contributed by atoms with Gasteiger partial charge in [-0.3, -0.25) is 0 Å². The molecule has 76 valence electrons. The number of carboxylic acid groups (broad SMARTS) is 1. The van der Waals surface area contributed by atoms with E-state index in [-0.39, 0.29) is 24.4 Å². The summed E-state index contributed by atoms with van der Waals surface area (Å²) < 4.78 is 31.3. The summed E-state index contributed by atoms with van der Waals surface area (Å²) >= 11 is 0. The maximum Gasteiger partial charge on any atom is 1.00 e. The number of hydrogen-bond acceptors (Lipinski definition) is 5. The summed E-state index contributed by atoms with van der Waals surface area (Å²) in [7, 11) is -2.51. The Bertz CT molecular complexity index is 150. The van der Waals surface area contributed by atoms with E-state index in [1.54, 1.807) is 0 Å². The van der Waals surface area contributed by atoms with Crippen molar-refractivity contribution in [3.8, 4) is 0 Å². The Kier molecular flexibility index (Phi) is 17.2. The Morgan fingerprint density at radius 3 is 1.50 bits per heavy atom. The van der Waals surface area contributed by atoms with Gasteiger partial charge in [-0.1, -0.05) is 20.2 Å². The summed E-state index contributed by atoms with van der Waals surface area (Å²) in [5, 5.41) is 9.49. The monoisotopic (exact) mass is 208 g/mol. The van der Waals surface area contributed by atoms with E-state index in [2.05, 4.69) is 21.2 Å². The van der Waals surface area contributed by atoms with E-state index >= 15 is 0 Å². The number of aliphatic carboxylic acids is 1. The van der Waals surface area contributed by atoms with Gasteiger partial charge in [-0.05, 0) is 12.5 Å². The number of halogens is 3. The summed E-state index contributed by atoms with van der Waals surface area (Å²) in [6.45, 7) is 4.48. The van der Waals surface area contributed by atoms with Gasteiger partial charge in [-0.25, -0.2) is 0 Å². The largest absolute Gasteiger partial charge is 1.00 e. The van der Waals surface area contributed by atoms with Crippen molar-refractivity contribution in [1.29, 1.82) is 0 Å². The van der Waals surface area contributed by atoms with Gasteiger partial charge in [0.1, 0.15) is 0 Å². The third kappa shape index (κ3) is 14.1. The molecule has 0 aliphatic carbocycles. The number of rotatable bonds is 4. The fraction of sp³-hybridized carbons (Fsp3) is 0.250. The van der Waals surface area contributed by atoms with Gasteiger partial charge < -0.3 is 9.90 Å². The van der Waals surface area contributed by atoms with Gasteiger partial charge in [0.15, 0.2) is 0 Å². The Balaban J connectivity index is -0.000000163. The second kappa shape index (κ2) is 12.5. The van der Waals surface area contributed by atoms with Crippen LogP contribution in [0.4, 0.5) is 13.6 Å². The molecule has 0 aliphatic heterocycles. The first-order valence-electron chi connectivity index (χ1n) is 2.68. The third-order valence-corrected chi connectivity index (χ3v) is 0.567. The molecule has 14 heavy (non-hydrogen) atoms. The van der Waals surface area contributed by atoms with E-state index in [0.717, 1.165) is 0 Å². The van der Waals surface area contributed by atoms with Gasteiger partial charge in [0.05, 0.1) is 5.97 Å². The molecule has 0 spiro atoms. The summed E-state index contributed by atoms with van der Waals surface area (Å²) in [4.78, 5) is 16.6. The van der Waals surface area contributed by atoms with Crippen LogP contribution in [0.15, 0.2) is 12.2 Å². The first-order chi connectivity index (χ1) is 5.99. The second-order valence-corrected chi connectivity index (χ2v) is 1.62. The predicted molar refractivity (Wildman–Crippen MR) is 32.2 cm³/mol. The van der Waals surface area contributed by atoms with Crippen LogP contribution >= 0.6 is 0 Å². The molecule has 0 atom stereocenters. The Hall–Kier alpha value is -0.458. The number of carbonyl (C=O) groups is 1.